The van der Waals surface area contributed by atoms with Gasteiger partial charge in [0.25, 0.3) is 0 Å². The maximum atomic E-state index is 12.6. The van der Waals surface area contributed by atoms with Crippen molar-refractivity contribution in [2.24, 2.45) is 11.7 Å². The third kappa shape index (κ3) is 4.40. The van der Waals surface area contributed by atoms with Gasteiger partial charge in [-0.15, -0.1) is 0 Å². The lowest BCUT2D eigenvalue weighted by Gasteiger charge is -2.18. The number of ether oxygens (including phenoxy) is 1. The SMILES string of the molecule is CC(C)CC(C)Oc1nc(C(F)(F)F)ccc1C(=N)N. The Balaban J connectivity index is 3.09. The van der Waals surface area contributed by atoms with E-state index in [1.54, 1.807) is 6.92 Å². The minimum Gasteiger partial charge on any atom is -0.474 e. The molecule has 0 bridgehead atoms. The maximum absolute atomic E-state index is 12.6. The van der Waals surface area contributed by atoms with Crippen molar-refractivity contribution in [3.63, 3.8) is 0 Å². The number of pyridine rings is 1. The lowest BCUT2D eigenvalue weighted by molar-refractivity contribution is -0.141. The van der Waals surface area contributed by atoms with Gasteiger partial charge in [0.05, 0.1) is 11.7 Å². The highest BCUT2D eigenvalue weighted by Gasteiger charge is 2.33. The highest BCUT2D eigenvalue weighted by atomic mass is 19.4. The number of nitrogens with one attached hydrogen (secondary N) is 1. The van der Waals surface area contributed by atoms with Gasteiger partial charge in [-0.25, -0.2) is 4.98 Å². The van der Waals surface area contributed by atoms with E-state index in [0.717, 1.165) is 12.1 Å². The molecular weight excluding hydrogens is 271 g/mol. The highest BCUT2D eigenvalue weighted by molar-refractivity contribution is 5.97. The number of rotatable bonds is 5. The van der Waals surface area contributed by atoms with Gasteiger partial charge in [0.2, 0.25) is 5.88 Å². The number of hydrogen-bond donors (Lipinski definition) is 2. The Kier molecular flexibility index (Phi) is 4.97. The summed E-state index contributed by atoms with van der Waals surface area (Å²) in [7, 11) is 0. The zero-order valence-electron chi connectivity index (χ0n) is 11.6. The lowest BCUT2D eigenvalue weighted by atomic mass is 10.1. The van der Waals surface area contributed by atoms with Gasteiger partial charge in [-0.2, -0.15) is 13.2 Å². The van der Waals surface area contributed by atoms with E-state index in [1.807, 2.05) is 13.8 Å². The zero-order valence-corrected chi connectivity index (χ0v) is 11.6. The van der Waals surface area contributed by atoms with Crippen LogP contribution in [-0.4, -0.2) is 16.9 Å². The second kappa shape index (κ2) is 6.11. The van der Waals surface area contributed by atoms with Crippen LogP contribution in [0.4, 0.5) is 13.2 Å². The van der Waals surface area contributed by atoms with Crippen LogP contribution in [0.3, 0.4) is 0 Å². The van der Waals surface area contributed by atoms with Crippen LogP contribution in [0, 0.1) is 11.3 Å². The normalized spacial score (nSPS) is 13.3. The molecule has 0 amide bonds. The monoisotopic (exact) mass is 289 g/mol. The van der Waals surface area contributed by atoms with E-state index in [0.29, 0.717) is 12.3 Å². The van der Waals surface area contributed by atoms with Gasteiger partial charge in [-0.3, -0.25) is 5.41 Å². The fraction of sp³-hybridized carbons (Fsp3) is 0.538. The average molecular weight is 289 g/mol. The lowest BCUT2D eigenvalue weighted by Crippen LogP contribution is -2.21. The summed E-state index contributed by atoms with van der Waals surface area (Å²) in [5.74, 6) is -0.296. The molecule has 1 unspecified atom stereocenters. The van der Waals surface area contributed by atoms with Gasteiger partial charge in [-0.1, -0.05) is 13.8 Å². The molecule has 1 aromatic heterocycles. The van der Waals surface area contributed by atoms with Crippen LogP contribution < -0.4 is 10.5 Å². The van der Waals surface area contributed by atoms with E-state index in [4.69, 9.17) is 15.9 Å². The molecule has 1 atom stereocenters. The molecule has 4 nitrogen and oxygen atoms in total. The van der Waals surface area contributed by atoms with E-state index in [9.17, 15) is 13.2 Å². The summed E-state index contributed by atoms with van der Waals surface area (Å²) in [5, 5.41) is 7.37. The Hall–Kier alpha value is -1.79. The van der Waals surface area contributed by atoms with Crippen LogP contribution in [0.25, 0.3) is 0 Å². The summed E-state index contributed by atoms with van der Waals surface area (Å²) >= 11 is 0. The molecule has 20 heavy (non-hydrogen) atoms. The standard InChI is InChI=1S/C13H18F3N3O/c1-7(2)6-8(3)20-12-9(11(17)18)4-5-10(19-12)13(14,15)16/h4-5,7-8H,6H2,1-3H3,(H3,17,18). The first-order valence-corrected chi connectivity index (χ1v) is 6.20. The number of nitrogen functional groups attached to an aromatic ring is 1. The zero-order chi connectivity index (χ0) is 15.5. The molecule has 0 saturated carbocycles. The van der Waals surface area contributed by atoms with Gasteiger partial charge < -0.3 is 10.5 Å². The molecule has 0 aliphatic heterocycles. The van der Waals surface area contributed by atoms with E-state index in [1.165, 1.54) is 0 Å². The second-order valence-electron chi connectivity index (χ2n) is 5.02. The summed E-state index contributed by atoms with van der Waals surface area (Å²) in [4.78, 5) is 3.44. The molecule has 1 heterocycles. The van der Waals surface area contributed by atoms with Crippen LogP contribution in [0.1, 0.15) is 38.4 Å². The van der Waals surface area contributed by atoms with Crippen molar-refractivity contribution in [1.29, 1.82) is 5.41 Å². The summed E-state index contributed by atoms with van der Waals surface area (Å²) in [6.07, 6.45) is -4.21. The molecule has 3 N–H and O–H groups in total. The molecule has 7 heteroatoms. The maximum Gasteiger partial charge on any atom is 0.433 e. The summed E-state index contributed by atoms with van der Waals surface area (Å²) in [6, 6.07) is 1.90. The molecule has 0 saturated heterocycles. The molecule has 1 aromatic rings. The van der Waals surface area contributed by atoms with Crippen molar-refractivity contribution >= 4 is 5.84 Å². The topological polar surface area (TPSA) is 72.0 Å². The number of aromatic nitrogens is 1. The van der Waals surface area contributed by atoms with Crippen molar-refractivity contribution in [2.75, 3.05) is 0 Å². The Morgan fingerprint density at radius 3 is 2.40 bits per heavy atom. The van der Waals surface area contributed by atoms with Gasteiger partial charge >= 0.3 is 6.18 Å². The fourth-order valence-electron chi connectivity index (χ4n) is 1.80. The summed E-state index contributed by atoms with van der Waals surface area (Å²) in [6.45, 7) is 5.70. The first kappa shape index (κ1) is 16.3. The number of halogens is 3. The molecule has 1 rings (SSSR count). The Morgan fingerprint density at radius 1 is 1.35 bits per heavy atom. The fourth-order valence-corrected chi connectivity index (χ4v) is 1.80. The molecule has 0 aliphatic rings. The van der Waals surface area contributed by atoms with Gasteiger partial charge in [0.15, 0.2) is 0 Å². The Morgan fingerprint density at radius 2 is 1.95 bits per heavy atom. The second-order valence-corrected chi connectivity index (χ2v) is 5.02. The van der Waals surface area contributed by atoms with E-state index in [2.05, 4.69) is 4.98 Å². The van der Waals surface area contributed by atoms with E-state index in [-0.39, 0.29) is 23.4 Å². The quantitative estimate of drug-likeness (QED) is 0.646. The average Bonchev–Trinajstić information content (AvgIpc) is 2.25. The smallest absolute Gasteiger partial charge is 0.433 e. The Labute approximate surface area is 115 Å². The number of nitrogens with two attached hydrogens (primary N) is 1. The minimum atomic E-state index is -4.56. The van der Waals surface area contributed by atoms with Crippen LogP contribution >= 0.6 is 0 Å². The van der Waals surface area contributed by atoms with Crippen molar-refractivity contribution < 1.29 is 17.9 Å². The molecular formula is C13H18F3N3O. The van der Waals surface area contributed by atoms with Crippen LogP contribution in [0.15, 0.2) is 12.1 Å². The van der Waals surface area contributed by atoms with E-state index >= 15 is 0 Å². The first-order valence-electron chi connectivity index (χ1n) is 6.20. The van der Waals surface area contributed by atoms with Crippen molar-refractivity contribution in [3.05, 3.63) is 23.4 Å². The highest BCUT2D eigenvalue weighted by Crippen LogP contribution is 2.30. The van der Waals surface area contributed by atoms with Gasteiger partial charge in [0.1, 0.15) is 11.5 Å². The third-order valence-corrected chi connectivity index (χ3v) is 2.56. The molecule has 0 fully saturated rings. The Bertz CT molecular complexity index is 486. The third-order valence-electron chi connectivity index (χ3n) is 2.56. The number of amidine groups is 1. The van der Waals surface area contributed by atoms with Gasteiger partial charge in [0, 0.05) is 0 Å². The van der Waals surface area contributed by atoms with Crippen molar-refractivity contribution in [2.45, 2.75) is 39.5 Å². The largest absolute Gasteiger partial charge is 0.474 e. The number of hydrogen-bond acceptors (Lipinski definition) is 3. The van der Waals surface area contributed by atoms with Crippen LogP contribution in [0.2, 0.25) is 0 Å². The molecule has 0 aliphatic carbocycles. The molecule has 0 radical (unpaired) electrons. The number of nitrogens with zero attached hydrogens (tertiary/aromatic N) is 1. The van der Waals surface area contributed by atoms with Gasteiger partial charge in [-0.05, 0) is 31.4 Å². The van der Waals surface area contributed by atoms with Crippen LogP contribution in [-0.2, 0) is 6.18 Å². The first-order chi connectivity index (χ1) is 9.11. The van der Waals surface area contributed by atoms with Crippen molar-refractivity contribution in [3.8, 4) is 5.88 Å². The van der Waals surface area contributed by atoms with Crippen LogP contribution in [0.5, 0.6) is 5.88 Å². The van der Waals surface area contributed by atoms with E-state index < -0.39 is 11.9 Å². The predicted molar refractivity (Wildman–Crippen MR) is 69.8 cm³/mol. The summed E-state index contributed by atoms with van der Waals surface area (Å²) in [5.41, 5.74) is 4.34. The number of alkyl halides is 3. The molecule has 112 valence electrons. The van der Waals surface area contributed by atoms with Crippen molar-refractivity contribution in [1.82, 2.24) is 4.98 Å². The predicted octanol–water partition coefficient (Wildman–Crippen LogP) is 3.20. The molecule has 0 spiro atoms. The minimum absolute atomic E-state index is 0.0635. The summed E-state index contributed by atoms with van der Waals surface area (Å²) < 4.78 is 43.4. The molecule has 0 aromatic carbocycles.